The highest BCUT2D eigenvalue weighted by Gasteiger charge is 2.39. The van der Waals surface area contributed by atoms with Crippen molar-refractivity contribution in [2.24, 2.45) is 11.8 Å². The fourth-order valence-corrected chi connectivity index (χ4v) is 4.68. The lowest BCUT2D eigenvalue weighted by Crippen LogP contribution is -2.26. The zero-order chi connectivity index (χ0) is 23.9. The molecule has 0 amide bonds. The maximum absolute atomic E-state index is 12.4. The third kappa shape index (κ3) is 3.67. The minimum Gasteiger partial charge on any atom is -0.504 e. The molecule has 2 aromatic carbocycles. The summed E-state index contributed by atoms with van der Waals surface area (Å²) >= 11 is 0. The summed E-state index contributed by atoms with van der Waals surface area (Å²) in [6.07, 6.45) is 0.281. The number of aromatic hydroxyl groups is 1. The molecule has 0 unspecified atom stereocenters. The van der Waals surface area contributed by atoms with Gasteiger partial charge in [-0.1, -0.05) is 20.8 Å². The third-order valence-electron chi connectivity index (χ3n) is 6.60. The zero-order valence-corrected chi connectivity index (χ0v) is 19.8. The molecule has 0 saturated heterocycles. The van der Waals surface area contributed by atoms with E-state index in [2.05, 4.69) is 6.92 Å². The summed E-state index contributed by atoms with van der Waals surface area (Å²) in [7, 11) is 4.65. The number of ether oxygens (including phenoxy) is 6. The molecule has 0 aromatic heterocycles. The predicted molar refractivity (Wildman–Crippen MR) is 120 cm³/mol. The number of fused-ring (bicyclic) bond motifs is 4. The van der Waals surface area contributed by atoms with E-state index in [1.54, 1.807) is 27.2 Å². The summed E-state index contributed by atoms with van der Waals surface area (Å²) in [5, 5.41) is 11.4. The highest BCUT2D eigenvalue weighted by Crippen LogP contribution is 2.58. The molecule has 178 valence electrons. The van der Waals surface area contributed by atoms with Gasteiger partial charge in [0.05, 0.1) is 21.3 Å². The van der Waals surface area contributed by atoms with Gasteiger partial charge in [-0.3, -0.25) is 4.79 Å². The van der Waals surface area contributed by atoms with Crippen molar-refractivity contribution in [3.8, 4) is 45.6 Å². The molecule has 1 heterocycles. The lowest BCUT2D eigenvalue weighted by atomic mass is 9.76. The van der Waals surface area contributed by atoms with Gasteiger partial charge < -0.3 is 33.5 Å². The predicted octanol–water partition coefficient (Wildman–Crippen LogP) is 4.64. The van der Waals surface area contributed by atoms with E-state index in [1.807, 2.05) is 13.0 Å². The second kappa shape index (κ2) is 8.92. The molecule has 2 aliphatic rings. The van der Waals surface area contributed by atoms with Crippen molar-refractivity contribution in [1.29, 1.82) is 0 Å². The molecular formula is C25H30O8. The summed E-state index contributed by atoms with van der Waals surface area (Å²) in [4.78, 5) is 12.4. The summed E-state index contributed by atoms with van der Waals surface area (Å²) in [5.41, 5.74) is 2.67. The smallest absolute Gasteiger partial charge is 0.306 e. The number of benzene rings is 2. The van der Waals surface area contributed by atoms with E-state index in [0.717, 1.165) is 5.56 Å². The monoisotopic (exact) mass is 458 g/mol. The average Bonchev–Trinajstić information content (AvgIpc) is 3.29. The topological polar surface area (TPSA) is 92.7 Å². The van der Waals surface area contributed by atoms with Crippen LogP contribution in [0.3, 0.4) is 0 Å². The lowest BCUT2D eigenvalue weighted by molar-refractivity contribution is -0.152. The molecule has 33 heavy (non-hydrogen) atoms. The van der Waals surface area contributed by atoms with Gasteiger partial charge in [0.25, 0.3) is 0 Å². The first-order valence-corrected chi connectivity index (χ1v) is 11.0. The SMILES string of the molecule is CCC(=O)O[C@@H]1c2cc3c(c(O)c2-c2c(cc(OC)c(OC)c2OC)C[C@@H](C)[C@H]1C)OCO3. The maximum Gasteiger partial charge on any atom is 0.306 e. The molecular weight excluding hydrogens is 428 g/mol. The average molecular weight is 459 g/mol. The molecule has 0 spiro atoms. The summed E-state index contributed by atoms with van der Waals surface area (Å²) in [5.74, 6) is 1.68. The number of hydrogen-bond donors (Lipinski definition) is 1. The lowest BCUT2D eigenvalue weighted by Gasteiger charge is -2.34. The van der Waals surface area contributed by atoms with E-state index >= 15 is 0 Å². The molecule has 0 saturated carbocycles. The molecule has 1 aliphatic carbocycles. The van der Waals surface area contributed by atoms with E-state index in [1.165, 1.54) is 7.11 Å². The Hall–Kier alpha value is -3.29. The largest absolute Gasteiger partial charge is 0.504 e. The van der Waals surface area contributed by atoms with Crippen molar-refractivity contribution < 1.29 is 38.3 Å². The first kappa shape index (κ1) is 22.9. The van der Waals surface area contributed by atoms with Crippen LogP contribution in [-0.4, -0.2) is 39.2 Å². The Morgan fingerprint density at radius 2 is 1.79 bits per heavy atom. The zero-order valence-electron chi connectivity index (χ0n) is 19.8. The number of hydrogen-bond acceptors (Lipinski definition) is 8. The van der Waals surface area contributed by atoms with E-state index < -0.39 is 6.10 Å². The second-order valence-corrected chi connectivity index (χ2v) is 8.41. The van der Waals surface area contributed by atoms with E-state index in [9.17, 15) is 9.90 Å². The standard InChI is InChI=1S/C25H30O8/c1-7-18(26)33-22-13(3)12(2)8-14-9-16(28-4)24(29-5)25(30-6)19(14)20-15(22)10-17-23(21(20)27)32-11-31-17/h9-10,12-13,22,27H,7-8,11H2,1-6H3/t12-,13-,22+/m1/s1. The normalized spacial score (nSPS) is 20.7. The first-order chi connectivity index (χ1) is 15.9. The Morgan fingerprint density at radius 3 is 2.42 bits per heavy atom. The minimum atomic E-state index is -0.603. The van der Waals surface area contributed by atoms with Crippen LogP contribution in [-0.2, 0) is 16.0 Å². The summed E-state index contributed by atoms with van der Waals surface area (Å²) < 4.78 is 34.1. The van der Waals surface area contributed by atoms with Crippen LogP contribution < -0.4 is 23.7 Å². The molecule has 0 bridgehead atoms. The van der Waals surface area contributed by atoms with Gasteiger partial charge in [0.1, 0.15) is 6.10 Å². The van der Waals surface area contributed by atoms with Crippen LogP contribution in [0.25, 0.3) is 11.1 Å². The van der Waals surface area contributed by atoms with Crippen LogP contribution in [0.1, 0.15) is 44.4 Å². The van der Waals surface area contributed by atoms with Gasteiger partial charge in [-0.05, 0) is 30.0 Å². The number of carbonyl (C=O) groups excluding carboxylic acids is 1. The van der Waals surface area contributed by atoms with Crippen molar-refractivity contribution in [2.45, 2.75) is 39.7 Å². The number of methoxy groups -OCH3 is 3. The molecule has 4 rings (SSSR count). The van der Waals surface area contributed by atoms with Crippen LogP contribution in [0.2, 0.25) is 0 Å². The van der Waals surface area contributed by atoms with Gasteiger partial charge in [-0.15, -0.1) is 0 Å². The molecule has 3 atom stereocenters. The van der Waals surface area contributed by atoms with Crippen molar-refractivity contribution in [1.82, 2.24) is 0 Å². The van der Waals surface area contributed by atoms with Gasteiger partial charge in [0, 0.05) is 29.0 Å². The minimum absolute atomic E-state index is 0.00686. The number of rotatable bonds is 5. The van der Waals surface area contributed by atoms with E-state index in [0.29, 0.717) is 46.1 Å². The highest BCUT2D eigenvalue weighted by molar-refractivity contribution is 5.88. The number of carbonyl (C=O) groups is 1. The van der Waals surface area contributed by atoms with Crippen molar-refractivity contribution in [3.05, 3.63) is 23.3 Å². The molecule has 1 aliphatic heterocycles. The van der Waals surface area contributed by atoms with Gasteiger partial charge in [0.2, 0.25) is 18.3 Å². The van der Waals surface area contributed by atoms with Crippen LogP contribution in [0, 0.1) is 11.8 Å². The summed E-state index contributed by atoms with van der Waals surface area (Å²) in [6.45, 7) is 5.91. The Kier molecular flexibility index (Phi) is 6.19. The fourth-order valence-electron chi connectivity index (χ4n) is 4.68. The molecule has 8 nitrogen and oxygen atoms in total. The third-order valence-corrected chi connectivity index (χ3v) is 6.60. The fraction of sp³-hybridized carbons (Fsp3) is 0.480. The number of phenols is 1. The van der Waals surface area contributed by atoms with Crippen molar-refractivity contribution in [2.75, 3.05) is 28.1 Å². The number of esters is 1. The Morgan fingerprint density at radius 1 is 1.06 bits per heavy atom. The van der Waals surface area contributed by atoms with Crippen LogP contribution >= 0.6 is 0 Å². The van der Waals surface area contributed by atoms with Gasteiger partial charge in [-0.25, -0.2) is 0 Å². The maximum atomic E-state index is 12.4. The van der Waals surface area contributed by atoms with Crippen LogP contribution in [0.4, 0.5) is 0 Å². The molecule has 1 N–H and O–H groups in total. The Bertz CT molecular complexity index is 1080. The number of phenolic OH excluding ortho intramolecular Hbond substituents is 1. The first-order valence-electron chi connectivity index (χ1n) is 11.0. The van der Waals surface area contributed by atoms with Crippen molar-refractivity contribution in [3.63, 3.8) is 0 Å². The Labute approximate surface area is 193 Å². The van der Waals surface area contributed by atoms with Crippen molar-refractivity contribution >= 4 is 5.97 Å². The molecule has 0 fully saturated rings. The quantitative estimate of drug-likeness (QED) is 0.648. The summed E-state index contributed by atoms with van der Waals surface area (Å²) in [6, 6.07) is 3.70. The Balaban J connectivity index is 2.11. The molecule has 2 aromatic rings. The van der Waals surface area contributed by atoms with Gasteiger partial charge in [0.15, 0.2) is 23.0 Å². The van der Waals surface area contributed by atoms with E-state index in [-0.39, 0.29) is 42.5 Å². The van der Waals surface area contributed by atoms with Gasteiger partial charge in [-0.2, -0.15) is 0 Å². The van der Waals surface area contributed by atoms with Crippen LogP contribution in [0.5, 0.6) is 34.5 Å². The highest BCUT2D eigenvalue weighted by atomic mass is 16.7. The van der Waals surface area contributed by atoms with Crippen LogP contribution in [0.15, 0.2) is 12.1 Å². The second-order valence-electron chi connectivity index (χ2n) is 8.41. The van der Waals surface area contributed by atoms with Gasteiger partial charge >= 0.3 is 5.97 Å². The van der Waals surface area contributed by atoms with E-state index in [4.69, 9.17) is 28.4 Å². The molecule has 0 radical (unpaired) electrons. The molecule has 8 heteroatoms.